The van der Waals surface area contributed by atoms with Crippen LogP contribution in [-0.4, -0.2) is 40.7 Å². The summed E-state index contributed by atoms with van der Waals surface area (Å²) in [5, 5.41) is 9.25. The van der Waals surface area contributed by atoms with E-state index in [1.165, 1.54) is 12.3 Å². The molecule has 0 aliphatic carbocycles. The number of hydrogen-bond donors (Lipinski definition) is 1. The molecule has 0 radical (unpaired) electrons. The molecule has 6 heteroatoms. The maximum Gasteiger partial charge on any atom is 0.337 e. The van der Waals surface area contributed by atoms with Crippen LogP contribution in [0.15, 0.2) is 12.3 Å². The summed E-state index contributed by atoms with van der Waals surface area (Å²) in [6.45, 7) is 1.83. The first-order chi connectivity index (χ1) is 8.18. The van der Waals surface area contributed by atoms with Crippen LogP contribution >= 0.6 is 23.4 Å². The Morgan fingerprint density at radius 2 is 2.29 bits per heavy atom. The van der Waals surface area contributed by atoms with E-state index in [-0.39, 0.29) is 5.56 Å². The number of pyridine rings is 1. The number of nitrogens with zero attached hydrogens (tertiary/aromatic N) is 2. The molecular weight excluding hydrogens is 260 g/mol. The second kappa shape index (κ2) is 5.60. The summed E-state index contributed by atoms with van der Waals surface area (Å²) in [7, 11) is 0. The molecule has 0 bridgehead atoms. The summed E-state index contributed by atoms with van der Waals surface area (Å²) in [4.78, 5) is 17.1. The number of carboxylic acid groups (broad SMARTS) is 1. The minimum absolute atomic E-state index is 0.128. The Kier molecular flexibility index (Phi) is 4.12. The van der Waals surface area contributed by atoms with Crippen molar-refractivity contribution in [3.05, 3.63) is 22.8 Å². The number of aromatic carboxylic acids is 1. The molecule has 0 amide bonds. The first-order valence-corrected chi connectivity index (χ1v) is 6.93. The van der Waals surface area contributed by atoms with E-state index in [0.29, 0.717) is 10.8 Å². The molecule has 0 aromatic carbocycles. The second-order valence-electron chi connectivity index (χ2n) is 3.79. The SMILES string of the molecule is O=C(O)c1cnc(N2CCCSCC2)c(Cl)c1. The third-order valence-corrected chi connectivity index (χ3v) is 3.92. The fraction of sp³-hybridized carbons (Fsp3) is 0.455. The van der Waals surface area contributed by atoms with E-state index in [9.17, 15) is 4.79 Å². The van der Waals surface area contributed by atoms with Crippen molar-refractivity contribution in [1.29, 1.82) is 0 Å². The minimum Gasteiger partial charge on any atom is -0.478 e. The van der Waals surface area contributed by atoms with Crippen molar-refractivity contribution < 1.29 is 9.90 Å². The lowest BCUT2D eigenvalue weighted by atomic mass is 10.2. The number of aromatic nitrogens is 1. The number of anilines is 1. The molecule has 1 saturated heterocycles. The largest absolute Gasteiger partial charge is 0.478 e. The standard InChI is InChI=1S/C11H13ClN2O2S/c12-9-6-8(11(15)16)7-13-10(9)14-2-1-4-17-5-3-14/h6-7H,1-5H2,(H,15,16). The molecular formula is C11H13ClN2O2S. The van der Waals surface area contributed by atoms with Gasteiger partial charge in [0.1, 0.15) is 5.82 Å². The van der Waals surface area contributed by atoms with Gasteiger partial charge in [0, 0.05) is 25.0 Å². The van der Waals surface area contributed by atoms with Crippen LogP contribution in [-0.2, 0) is 0 Å². The van der Waals surface area contributed by atoms with Crippen molar-refractivity contribution in [3.8, 4) is 0 Å². The first kappa shape index (κ1) is 12.5. The van der Waals surface area contributed by atoms with Crippen LogP contribution in [0.4, 0.5) is 5.82 Å². The molecule has 92 valence electrons. The Labute approximate surface area is 109 Å². The van der Waals surface area contributed by atoms with Crippen molar-refractivity contribution in [2.24, 2.45) is 0 Å². The highest BCUT2D eigenvalue weighted by atomic mass is 35.5. The van der Waals surface area contributed by atoms with Crippen molar-refractivity contribution >= 4 is 35.1 Å². The average Bonchev–Trinajstić information content (AvgIpc) is 2.57. The lowest BCUT2D eigenvalue weighted by Gasteiger charge is -2.22. The highest BCUT2D eigenvalue weighted by Gasteiger charge is 2.16. The Morgan fingerprint density at radius 3 is 3.00 bits per heavy atom. The summed E-state index contributed by atoms with van der Waals surface area (Å²) in [6.07, 6.45) is 2.46. The maximum atomic E-state index is 10.8. The molecule has 0 unspecified atom stereocenters. The molecule has 0 atom stereocenters. The summed E-state index contributed by atoms with van der Waals surface area (Å²) in [5.41, 5.74) is 0.128. The zero-order valence-electron chi connectivity index (χ0n) is 9.23. The number of carbonyl (C=O) groups is 1. The van der Waals surface area contributed by atoms with Crippen molar-refractivity contribution in [3.63, 3.8) is 0 Å². The van der Waals surface area contributed by atoms with Crippen molar-refractivity contribution in [1.82, 2.24) is 4.98 Å². The van der Waals surface area contributed by atoms with E-state index in [4.69, 9.17) is 16.7 Å². The van der Waals surface area contributed by atoms with Gasteiger partial charge in [-0.25, -0.2) is 9.78 Å². The van der Waals surface area contributed by atoms with Crippen molar-refractivity contribution in [2.75, 3.05) is 29.5 Å². The van der Waals surface area contributed by atoms with Gasteiger partial charge in [-0.3, -0.25) is 0 Å². The molecule has 2 rings (SSSR count). The summed E-state index contributed by atoms with van der Waals surface area (Å²) in [6, 6.07) is 1.46. The van der Waals surface area contributed by atoms with Crippen LogP contribution in [0.25, 0.3) is 0 Å². The highest BCUT2D eigenvalue weighted by Crippen LogP contribution is 2.26. The van der Waals surface area contributed by atoms with E-state index in [1.807, 2.05) is 11.8 Å². The van der Waals surface area contributed by atoms with Gasteiger partial charge in [-0.15, -0.1) is 0 Å². The fourth-order valence-corrected chi connectivity index (χ4v) is 2.91. The highest BCUT2D eigenvalue weighted by molar-refractivity contribution is 7.99. The third-order valence-electron chi connectivity index (χ3n) is 2.59. The summed E-state index contributed by atoms with van der Waals surface area (Å²) >= 11 is 8.01. The molecule has 2 heterocycles. The lowest BCUT2D eigenvalue weighted by Crippen LogP contribution is -2.26. The molecule has 0 saturated carbocycles. The van der Waals surface area contributed by atoms with Gasteiger partial charge in [-0.2, -0.15) is 11.8 Å². The number of hydrogen-bond acceptors (Lipinski definition) is 4. The van der Waals surface area contributed by atoms with Crippen LogP contribution in [0, 0.1) is 0 Å². The monoisotopic (exact) mass is 272 g/mol. The summed E-state index contributed by atoms with van der Waals surface area (Å²) in [5.74, 6) is 1.90. The summed E-state index contributed by atoms with van der Waals surface area (Å²) < 4.78 is 0. The van der Waals surface area contributed by atoms with Gasteiger partial charge in [0.25, 0.3) is 0 Å². The second-order valence-corrected chi connectivity index (χ2v) is 5.42. The third kappa shape index (κ3) is 3.04. The van der Waals surface area contributed by atoms with Gasteiger partial charge in [0.15, 0.2) is 0 Å². The van der Waals surface area contributed by atoms with E-state index in [2.05, 4.69) is 9.88 Å². The van der Waals surface area contributed by atoms with Crippen LogP contribution in [0.5, 0.6) is 0 Å². The molecule has 0 spiro atoms. The maximum absolute atomic E-state index is 10.8. The van der Waals surface area contributed by atoms with Crippen LogP contribution < -0.4 is 4.90 Å². The first-order valence-electron chi connectivity index (χ1n) is 5.40. The normalized spacial score (nSPS) is 16.6. The van der Waals surface area contributed by atoms with Gasteiger partial charge in [-0.1, -0.05) is 11.6 Å². The molecule has 17 heavy (non-hydrogen) atoms. The molecule has 1 aliphatic rings. The number of thioether (sulfide) groups is 1. The van der Waals surface area contributed by atoms with Gasteiger partial charge < -0.3 is 10.0 Å². The Morgan fingerprint density at radius 1 is 1.47 bits per heavy atom. The number of carboxylic acids is 1. The van der Waals surface area contributed by atoms with E-state index in [1.54, 1.807) is 0 Å². The average molecular weight is 273 g/mol. The van der Waals surface area contributed by atoms with Crippen molar-refractivity contribution in [2.45, 2.75) is 6.42 Å². The van der Waals surface area contributed by atoms with Crippen LogP contribution in [0.2, 0.25) is 5.02 Å². The smallest absolute Gasteiger partial charge is 0.337 e. The van der Waals surface area contributed by atoms with Gasteiger partial charge in [0.2, 0.25) is 0 Å². The molecule has 1 aliphatic heterocycles. The predicted octanol–water partition coefficient (Wildman–Crippen LogP) is 2.38. The van der Waals surface area contributed by atoms with Gasteiger partial charge in [-0.05, 0) is 18.2 Å². The van der Waals surface area contributed by atoms with Gasteiger partial charge in [0.05, 0.1) is 10.6 Å². The Hall–Kier alpha value is -0.940. The molecule has 4 nitrogen and oxygen atoms in total. The minimum atomic E-state index is -1.00. The lowest BCUT2D eigenvalue weighted by molar-refractivity contribution is 0.0696. The number of halogens is 1. The molecule has 1 aromatic rings. The number of rotatable bonds is 2. The van der Waals surface area contributed by atoms with Crippen LogP contribution in [0.3, 0.4) is 0 Å². The molecule has 1 aromatic heterocycles. The van der Waals surface area contributed by atoms with Crippen LogP contribution in [0.1, 0.15) is 16.8 Å². The Bertz CT molecular complexity index is 420. The zero-order valence-corrected chi connectivity index (χ0v) is 10.8. The molecule has 1 fully saturated rings. The Balaban J connectivity index is 2.22. The van der Waals surface area contributed by atoms with Gasteiger partial charge >= 0.3 is 5.97 Å². The van der Waals surface area contributed by atoms with E-state index >= 15 is 0 Å². The van der Waals surface area contributed by atoms with E-state index < -0.39 is 5.97 Å². The fourth-order valence-electron chi connectivity index (χ4n) is 1.74. The molecule has 1 N–H and O–H groups in total. The van der Waals surface area contributed by atoms with E-state index in [0.717, 1.165) is 31.0 Å². The topological polar surface area (TPSA) is 53.4 Å². The quantitative estimate of drug-likeness (QED) is 0.896. The zero-order chi connectivity index (χ0) is 12.3. The predicted molar refractivity (Wildman–Crippen MR) is 70.4 cm³/mol.